The summed E-state index contributed by atoms with van der Waals surface area (Å²) in [7, 11) is -3.79. The van der Waals surface area contributed by atoms with Crippen LogP contribution in [-0.4, -0.2) is 17.6 Å². The van der Waals surface area contributed by atoms with Crippen LogP contribution in [0.4, 0.5) is 0 Å². The van der Waals surface area contributed by atoms with Gasteiger partial charge in [0, 0.05) is 38.3 Å². The summed E-state index contributed by atoms with van der Waals surface area (Å²) in [5.41, 5.74) is 8.09. The standard InChI is InChI=1S/C43H25N3O3S/c44-26-27-14-18-30(19-15-27)50(47,48)31-20-16-29(17-21-31)46-38-23-22-34-33-11-5-7-13-41(33)49-43(34)42(38)36-25-39-35(24-40(36)46)32-10-4-6-12-37(32)45(39)28-8-2-1-3-9-28/h1-25H. The van der Waals surface area contributed by atoms with Crippen molar-refractivity contribution < 1.29 is 12.8 Å². The Morgan fingerprint density at radius 3 is 1.86 bits per heavy atom. The summed E-state index contributed by atoms with van der Waals surface area (Å²) in [5, 5.41) is 15.6. The van der Waals surface area contributed by atoms with Crippen LogP contribution in [0.15, 0.2) is 166 Å². The molecule has 0 aliphatic heterocycles. The summed E-state index contributed by atoms with van der Waals surface area (Å²) in [6, 6.07) is 50.8. The lowest BCUT2D eigenvalue weighted by atomic mass is 10.1. The number of aromatic nitrogens is 2. The van der Waals surface area contributed by atoms with Gasteiger partial charge in [-0.1, -0.05) is 54.6 Å². The van der Waals surface area contributed by atoms with Gasteiger partial charge in [-0.2, -0.15) is 5.26 Å². The Morgan fingerprint density at radius 2 is 1.10 bits per heavy atom. The second kappa shape index (κ2) is 10.4. The van der Waals surface area contributed by atoms with Crippen LogP contribution in [0.3, 0.4) is 0 Å². The zero-order valence-corrected chi connectivity index (χ0v) is 27.2. The van der Waals surface area contributed by atoms with Crippen molar-refractivity contribution in [1.82, 2.24) is 9.13 Å². The van der Waals surface area contributed by atoms with Crippen LogP contribution in [0.1, 0.15) is 5.56 Å². The monoisotopic (exact) mass is 663 g/mol. The molecule has 3 aromatic heterocycles. The molecule has 0 amide bonds. The maximum atomic E-state index is 13.6. The van der Waals surface area contributed by atoms with Gasteiger partial charge in [-0.05, 0) is 97.1 Å². The van der Waals surface area contributed by atoms with Crippen molar-refractivity contribution in [2.24, 2.45) is 0 Å². The number of hydrogen-bond acceptors (Lipinski definition) is 4. The van der Waals surface area contributed by atoms with E-state index in [1.807, 2.05) is 42.5 Å². The number of fused-ring (bicyclic) bond motifs is 10. The maximum absolute atomic E-state index is 13.6. The van der Waals surface area contributed by atoms with Crippen LogP contribution in [-0.2, 0) is 9.84 Å². The van der Waals surface area contributed by atoms with E-state index < -0.39 is 9.84 Å². The molecule has 0 unspecified atom stereocenters. The number of nitrogens with zero attached hydrogens (tertiary/aromatic N) is 3. The molecule has 7 aromatic carbocycles. The minimum Gasteiger partial charge on any atom is -0.455 e. The van der Waals surface area contributed by atoms with Crippen LogP contribution in [0.5, 0.6) is 0 Å². The van der Waals surface area contributed by atoms with Crippen LogP contribution in [0.25, 0.3) is 76.9 Å². The first-order valence-corrected chi connectivity index (χ1v) is 17.7. The first-order valence-electron chi connectivity index (χ1n) is 16.2. The molecule has 0 saturated heterocycles. The van der Waals surface area contributed by atoms with Crippen molar-refractivity contribution in [3.8, 4) is 17.4 Å². The summed E-state index contributed by atoms with van der Waals surface area (Å²) in [6.07, 6.45) is 0. The summed E-state index contributed by atoms with van der Waals surface area (Å²) < 4.78 is 38.3. The first kappa shape index (κ1) is 28.4. The summed E-state index contributed by atoms with van der Waals surface area (Å²) in [5.74, 6) is 0. The minimum absolute atomic E-state index is 0.144. The van der Waals surface area contributed by atoms with Crippen molar-refractivity contribution in [2.75, 3.05) is 0 Å². The molecule has 0 spiro atoms. The highest BCUT2D eigenvalue weighted by molar-refractivity contribution is 7.91. The van der Waals surface area contributed by atoms with E-state index in [9.17, 15) is 13.7 Å². The van der Waals surface area contributed by atoms with E-state index in [0.29, 0.717) is 5.56 Å². The molecule has 0 aliphatic rings. The molecule has 0 aliphatic carbocycles. The predicted octanol–water partition coefficient (Wildman–Crippen LogP) is 10.5. The molecule has 3 heterocycles. The molecule has 7 heteroatoms. The molecular formula is C43H25N3O3S. The molecule has 236 valence electrons. The van der Waals surface area contributed by atoms with Gasteiger partial charge in [-0.25, -0.2) is 8.42 Å². The normalized spacial score (nSPS) is 12.1. The Balaban J connectivity index is 1.28. The van der Waals surface area contributed by atoms with Crippen molar-refractivity contribution >= 4 is 75.4 Å². The van der Waals surface area contributed by atoms with Crippen LogP contribution < -0.4 is 0 Å². The molecule has 0 radical (unpaired) electrons. The zero-order valence-electron chi connectivity index (χ0n) is 26.4. The van der Waals surface area contributed by atoms with E-state index in [1.165, 1.54) is 24.3 Å². The summed E-state index contributed by atoms with van der Waals surface area (Å²) >= 11 is 0. The van der Waals surface area contributed by atoms with Gasteiger partial charge in [-0.3, -0.25) is 0 Å². The van der Waals surface area contributed by atoms with Gasteiger partial charge >= 0.3 is 0 Å². The highest BCUT2D eigenvalue weighted by Crippen LogP contribution is 2.43. The predicted molar refractivity (Wildman–Crippen MR) is 199 cm³/mol. The topological polar surface area (TPSA) is 80.9 Å². The molecule has 0 N–H and O–H groups in total. The minimum atomic E-state index is -3.79. The van der Waals surface area contributed by atoms with Gasteiger partial charge in [-0.15, -0.1) is 0 Å². The van der Waals surface area contributed by atoms with Crippen LogP contribution in [0, 0.1) is 11.3 Å². The smallest absolute Gasteiger partial charge is 0.206 e. The molecule has 0 bridgehead atoms. The van der Waals surface area contributed by atoms with Gasteiger partial charge in [0.15, 0.2) is 0 Å². The lowest BCUT2D eigenvalue weighted by Gasteiger charge is -2.10. The molecule has 0 saturated carbocycles. The van der Waals surface area contributed by atoms with E-state index in [4.69, 9.17) is 4.42 Å². The first-order chi connectivity index (χ1) is 24.5. The molecule has 6 nitrogen and oxygen atoms in total. The fourth-order valence-electron chi connectivity index (χ4n) is 7.50. The van der Waals surface area contributed by atoms with E-state index in [2.05, 4.69) is 88.0 Å². The summed E-state index contributed by atoms with van der Waals surface area (Å²) in [4.78, 5) is 0.324. The van der Waals surface area contributed by atoms with Gasteiger partial charge in [0.1, 0.15) is 11.2 Å². The second-order valence-electron chi connectivity index (χ2n) is 12.5. The number of sulfone groups is 1. The third-order valence-corrected chi connectivity index (χ3v) is 11.6. The SMILES string of the molecule is N#Cc1ccc(S(=O)(=O)c2ccc(-n3c4cc5c6ccccc6n(-c6ccccc6)c5cc4c4c5oc6ccccc6c5ccc43)cc2)cc1. The number of para-hydroxylation sites is 3. The average molecular weight is 664 g/mol. The quantitative estimate of drug-likeness (QED) is 0.188. The highest BCUT2D eigenvalue weighted by Gasteiger charge is 2.23. The van der Waals surface area contributed by atoms with Gasteiger partial charge < -0.3 is 13.6 Å². The number of benzene rings is 7. The fourth-order valence-corrected chi connectivity index (χ4v) is 8.76. The van der Waals surface area contributed by atoms with Gasteiger partial charge in [0.25, 0.3) is 0 Å². The second-order valence-corrected chi connectivity index (χ2v) is 14.4. The van der Waals surface area contributed by atoms with Crippen molar-refractivity contribution in [3.05, 3.63) is 157 Å². The Kier molecular flexibility index (Phi) is 5.93. The number of nitriles is 1. The van der Waals surface area contributed by atoms with Crippen molar-refractivity contribution in [1.29, 1.82) is 5.26 Å². The van der Waals surface area contributed by atoms with Crippen molar-refractivity contribution in [3.63, 3.8) is 0 Å². The number of hydrogen-bond donors (Lipinski definition) is 0. The van der Waals surface area contributed by atoms with Crippen LogP contribution >= 0.6 is 0 Å². The average Bonchev–Trinajstić information content (AvgIpc) is 3.81. The Hall–Kier alpha value is -6.62. The fraction of sp³-hybridized carbons (Fsp3) is 0. The number of rotatable bonds is 4. The third kappa shape index (κ3) is 3.97. The Labute approximate surface area is 286 Å². The number of furan rings is 1. The lowest BCUT2D eigenvalue weighted by Crippen LogP contribution is -2.03. The van der Waals surface area contributed by atoms with Crippen LogP contribution in [0.2, 0.25) is 0 Å². The van der Waals surface area contributed by atoms with E-state index in [0.717, 1.165) is 76.9 Å². The molecule has 10 rings (SSSR count). The molecule has 10 aromatic rings. The maximum Gasteiger partial charge on any atom is 0.206 e. The molecule has 0 atom stereocenters. The highest BCUT2D eigenvalue weighted by atomic mass is 32.2. The van der Waals surface area contributed by atoms with E-state index in [-0.39, 0.29) is 9.79 Å². The molecule has 50 heavy (non-hydrogen) atoms. The third-order valence-electron chi connectivity index (χ3n) is 9.78. The zero-order chi connectivity index (χ0) is 33.6. The Morgan fingerprint density at radius 1 is 0.500 bits per heavy atom. The molecule has 0 fully saturated rings. The van der Waals surface area contributed by atoms with Gasteiger partial charge in [0.05, 0.1) is 48.9 Å². The van der Waals surface area contributed by atoms with E-state index >= 15 is 0 Å². The largest absolute Gasteiger partial charge is 0.455 e. The molecular weight excluding hydrogens is 639 g/mol. The lowest BCUT2D eigenvalue weighted by molar-refractivity contribution is 0.596. The Bertz CT molecular complexity index is 3150. The summed E-state index contributed by atoms with van der Waals surface area (Å²) in [6.45, 7) is 0. The van der Waals surface area contributed by atoms with E-state index in [1.54, 1.807) is 12.1 Å². The van der Waals surface area contributed by atoms with Crippen molar-refractivity contribution in [2.45, 2.75) is 9.79 Å². The van der Waals surface area contributed by atoms with Gasteiger partial charge in [0.2, 0.25) is 9.84 Å².